The highest BCUT2D eigenvalue weighted by atomic mass is 127. The van der Waals surface area contributed by atoms with Crippen LogP contribution in [0, 0.1) is 3.57 Å². The standard InChI is InChI=1S/C16H18IN5O2S2/c17-12-1-6-15(19-11-12)21-7-9-22(10-8-21)16(25)20-13-2-4-14(5-3-13)26(18,23)24/h1-6,11H,7-10H2,(H,20,25)(H2,18,23,24). The maximum Gasteiger partial charge on any atom is 0.238 e. The number of aromatic nitrogens is 1. The molecule has 0 aliphatic carbocycles. The number of hydrogen-bond donors (Lipinski definition) is 2. The van der Waals surface area contributed by atoms with Gasteiger partial charge in [-0.1, -0.05) is 0 Å². The molecule has 7 nitrogen and oxygen atoms in total. The average Bonchev–Trinajstić information content (AvgIpc) is 2.62. The number of anilines is 2. The van der Waals surface area contributed by atoms with Crippen molar-refractivity contribution < 1.29 is 8.42 Å². The largest absolute Gasteiger partial charge is 0.353 e. The van der Waals surface area contributed by atoms with Gasteiger partial charge in [0.15, 0.2) is 5.11 Å². The lowest BCUT2D eigenvalue weighted by Gasteiger charge is -2.36. The Morgan fingerprint density at radius 1 is 1.12 bits per heavy atom. The highest BCUT2D eigenvalue weighted by molar-refractivity contribution is 14.1. The van der Waals surface area contributed by atoms with Crippen molar-refractivity contribution in [1.29, 1.82) is 0 Å². The van der Waals surface area contributed by atoms with Crippen LogP contribution in [-0.4, -0.2) is 49.6 Å². The molecule has 1 aromatic carbocycles. The van der Waals surface area contributed by atoms with Crippen LogP contribution in [0.3, 0.4) is 0 Å². The van der Waals surface area contributed by atoms with Gasteiger partial charge in [-0.3, -0.25) is 0 Å². The molecule has 0 amide bonds. The van der Waals surface area contributed by atoms with Gasteiger partial charge in [-0.15, -0.1) is 0 Å². The monoisotopic (exact) mass is 503 g/mol. The van der Waals surface area contributed by atoms with Gasteiger partial charge in [0.25, 0.3) is 0 Å². The van der Waals surface area contributed by atoms with Crippen LogP contribution in [-0.2, 0) is 10.0 Å². The van der Waals surface area contributed by atoms with E-state index in [1.54, 1.807) is 12.1 Å². The summed E-state index contributed by atoms with van der Waals surface area (Å²) in [7, 11) is -3.69. The quantitative estimate of drug-likeness (QED) is 0.488. The average molecular weight is 503 g/mol. The lowest BCUT2D eigenvalue weighted by molar-refractivity contribution is 0.389. The van der Waals surface area contributed by atoms with Gasteiger partial charge in [0, 0.05) is 41.6 Å². The summed E-state index contributed by atoms with van der Waals surface area (Å²) in [5, 5.41) is 8.86. The van der Waals surface area contributed by atoms with E-state index in [9.17, 15) is 8.42 Å². The van der Waals surface area contributed by atoms with Gasteiger partial charge in [0.05, 0.1) is 4.90 Å². The van der Waals surface area contributed by atoms with Crippen molar-refractivity contribution in [1.82, 2.24) is 9.88 Å². The molecule has 2 aromatic rings. The molecule has 10 heteroatoms. The van der Waals surface area contributed by atoms with Crippen LogP contribution in [0.15, 0.2) is 47.5 Å². The van der Waals surface area contributed by atoms with E-state index in [2.05, 4.69) is 42.7 Å². The first-order valence-electron chi connectivity index (χ1n) is 7.88. The Morgan fingerprint density at radius 2 is 1.77 bits per heavy atom. The number of benzene rings is 1. The molecule has 1 aliphatic heterocycles. The number of halogens is 1. The number of hydrogen-bond acceptors (Lipinski definition) is 5. The molecule has 1 saturated heterocycles. The molecule has 3 N–H and O–H groups in total. The van der Waals surface area contributed by atoms with Crippen molar-refractivity contribution in [2.45, 2.75) is 4.90 Å². The SMILES string of the molecule is NS(=O)(=O)c1ccc(NC(=S)N2CCN(c3ccc(I)cn3)CC2)cc1. The van der Waals surface area contributed by atoms with E-state index in [4.69, 9.17) is 17.4 Å². The smallest absolute Gasteiger partial charge is 0.238 e. The van der Waals surface area contributed by atoms with Gasteiger partial charge < -0.3 is 15.1 Å². The molecule has 2 heterocycles. The second kappa shape index (κ2) is 8.03. The minimum Gasteiger partial charge on any atom is -0.353 e. The van der Waals surface area contributed by atoms with E-state index in [1.165, 1.54) is 12.1 Å². The fourth-order valence-electron chi connectivity index (χ4n) is 2.62. The predicted octanol–water partition coefficient (Wildman–Crippen LogP) is 1.85. The van der Waals surface area contributed by atoms with E-state index in [1.807, 2.05) is 18.3 Å². The first-order chi connectivity index (χ1) is 12.3. The van der Waals surface area contributed by atoms with Crippen LogP contribution in [0.1, 0.15) is 0 Å². The third-order valence-corrected chi connectivity index (χ3v) is 5.96. The Kier molecular flexibility index (Phi) is 5.95. The molecule has 0 atom stereocenters. The van der Waals surface area contributed by atoms with Crippen molar-refractivity contribution in [3.8, 4) is 0 Å². The highest BCUT2D eigenvalue weighted by Crippen LogP contribution is 2.17. The second-order valence-electron chi connectivity index (χ2n) is 5.81. The Labute approximate surface area is 171 Å². The summed E-state index contributed by atoms with van der Waals surface area (Å²) < 4.78 is 23.7. The van der Waals surface area contributed by atoms with Crippen LogP contribution in [0.2, 0.25) is 0 Å². The van der Waals surface area contributed by atoms with E-state index in [0.717, 1.165) is 41.3 Å². The third kappa shape index (κ3) is 4.81. The zero-order valence-electron chi connectivity index (χ0n) is 13.8. The number of sulfonamides is 1. The molecule has 1 aromatic heterocycles. The first kappa shape index (κ1) is 19.3. The maximum absolute atomic E-state index is 11.3. The van der Waals surface area contributed by atoms with E-state index in [0.29, 0.717) is 5.11 Å². The minimum absolute atomic E-state index is 0.0765. The number of thiocarbonyl (C=S) groups is 1. The predicted molar refractivity (Wildman–Crippen MR) is 115 cm³/mol. The molecule has 1 fully saturated rings. The summed E-state index contributed by atoms with van der Waals surface area (Å²) in [5.74, 6) is 0.975. The van der Waals surface area contributed by atoms with E-state index >= 15 is 0 Å². The first-order valence-corrected chi connectivity index (χ1v) is 10.9. The molecule has 1 aliphatic rings. The van der Waals surface area contributed by atoms with Crippen LogP contribution >= 0.6 is 34.8 Å². The summed E-state index contributed by atoms with van der Waals surface area (Å²) in [6.07, 6.45) is 1.86. The molecule has 0 radical (unpaired) electrons. The molecule has 0 bridgehead atoms. The second-order valence-corrected chi connectivity index (χ2v) is 9.00. The van der Waals surface area contributed by atoms with Crippen molar-refractivity contribution >= 4 is 61.4 Å². The molecule has 3 rings (SSSR count). The van der Waals surface area contributed by atoms with Gasteiger partial charge in [-0.05, 0) is 71.2 Å². The maximum atomic E-state index is 11.3. The fraction of sp³-hybridized carbons (Fsp3) is 0.250. The van der Waals surface area contributed by atoms with Crippen LogP contribution in [0.25, 0.3) is 0 Å². The van der Waals surface area contributed by atoms with Crippen molar-refractivity contribution in [3.63, 3.8) is 0 Å². The highest BCUT2D eigenvalue weighted by Gasteiger charge is 2.20. The lowest BCUT2D eigenvalue weighted by Crippen LogP contribution is -2.50. The summed E-state index contributed by atoms with van der Waals surface area (Å²) in [4.78, 5) is 8.86. The lowest BCUT2D eigenvalue weighted by atomic mass is 10.3. The molecule has 0 saturated carbocycles. The molecule has 0 spiro atoms. The number of pyridine rings is 1. The summed E-state index contributed by atoms with van der Waals surface area (Å²) in [5.41, 5.74) is 0.726. The number of nitrogens with zero attached hydrogens (tertiary/aromatic N) is 3. The van der Waals surface area contributed by atoms with Gasteiger partial charge in [0.2, 0.25) is 10.0 Å². The van der Waals surface area contributed by atoms with Gasteiger partial charge in [-0.2, -0.15) is 0 Å². The molecule has 26 heavy (non-hydrogen) atoms. The van der Waals surface area contributed by atoms with Gasteiger partial charge in [0.1, 0.15) is 5.82 Å². The van der Waals surface area contributed by atoms with E-state index in [-0.39, 0.29) is 4.90 Å². The molecular weight excluding hydrogens is 485 g/mol. The Bertz CT molecular complexity index is 880. The number of nitrogens with two attached hydrogens (primary N) is 1. The van der Waals surface area contributed by atoms with Gasteiger partial charge >= 0.3 is 0 Å². The van der Waals surface area contributed by atoms with Crippen LogP contribution in [0.5, 0.6) is 0 Å². The fourth-order valence-corrected chi connectivity index (χ4v) is 3.76. The van der Waals surface area contributed by atoms with Crippen molar-refractivity contribution in [3.05, 3.63) is 46.2 Å². The summed E-state index contributed by atoms with van der Waals surface area (Å²) in [6.45, 7) is 3.24. The zero-order valence-corrected chi connectivity index (χ0v) is 17.6. The Morgan fingerprint density at radius 3 is 2.31 bits per heavy atom. The zero-order chi connectivity index (χ0) is 18.7. The molecular formula is C16H18IN5O2S2. The summed E-state index contributed by atoms with van der Waals surface area (Å²) in [6, 6.07) is 10.3. The minimum atomic E-state index is -3.69. The molecule has 0 unspecified atom stereocenters. The third-order valence-electron chi connectivity index (χ3n) is 4.04. The van der Waals surface area contributed by atoms with Gasteiger partial charge in [-0.25, -0.2) is 18.5 Å². The van der Waals surface area contributed by atoms with Crippen LogP contribution in [0.4, 0.5) is 11.5 Å². The number of rotatable bonds is 3. The normalized spacial score (nSPS) is 15.0. The topological polar surface area (TPSA) is 91.6 Å². The van der Waals surface area contributed by atoms with E-state index < -0.39 is 10.0 Å². The Balaban J connectivity index is 1.56. The number of nitrogens with one attached hydrogen (secondary N) is 1. The van der Waals surface area contributed by atoms with Crippen LogP contribution < -0.4 is 15.4 Å². The summed E-state index contributed by atoms with van der Waals surface area (Å²) >= 11 is 7.71. The molecule has 138 valence electrons. The van der Waals surface area contributed by atoms with Crippen molar-refractivity contribution in [2.75, 3.05) is 36.4 Å². The number of piperazine rings is 1. The Hall–Kier alpha value is -1.50. The number of primary sulfonamides is 1. The van der Waals surface area contributed by atoms with Crippen molar-refractivity contribution in [2.24, 2.45) is 5.14 Å².